The molecule has 4 rings (SSSR count). The van der Waals surface area contributed by atoms with Crippen LogP contribution in [0.2, 0.25) is 0 Å². The van der Waals surface area contributed by atoms with Crippen molar-refractivity contribution >= 4 is 5.97 Å². The molecule has 1 atom stereocenters. The highest BCUT2D eigenvalue weighted by atomic mass is 16.5. The van der Waals surface area contributed by atoms with Gasteiger partial charge < -0.3 is 19.6 Å². The molecule has 0 amide bonds. The molecular formula is C24H24N2O5. The summed E-state index contributed by atoms with van der Waals surface area (Å²) in [6.07, 6.45) is 3.17. The first-order chi connectivity index (χ1) is 15.2. The molecule has 7 heteroatoms. The summed E-state index contributed by atoms with van der Waals surface area (Å²) < 4.78 is 18.1. The molecule has 0 saturated heterocycles. The number of nitrogens with zero attached hydrogens (tertiary/aromatic N) is 1. The van der Waals surface area contributed by atoms with Gasteiger partial charge in [0.1, 0.15) is 12.4 Å². The third kappa shape index (κ3) is 4.55. The number of methoxy groups -OCH3 is 1. The Labute approximate surface area is 180 Å². The van der Waals surface area contributed by atoms with E-state index >= 15 is 0 Å². The van der Waals surface area contributed by atoms with Crippen LogP contribution in [0.4, 0.5) is 0 Å². The van der Waals surface area contributed by atoms with E-state index in [4.69, 9.17) is 14.2 Å². The van der Waals surface area contributed by atoms with Crippen LogP contribution in [-0.2, 0) is 11.3 Å². The summed E-state index contributed by atoms with van der Waals surface area (Å²) in [5, 5.41) is 0. The minimum Gasteiger partial charge on any atom is -0.493 e. The third-order valence-electron chi connectivity index (χ3n) is 5.14. The van der Waals surface area contributed by atoms with Crippen molar-refractivity contribution in [2.75, 3.05) is 19.1 Å². The number of benzene rings is 2. The summed E-state index contributed by atoms with van der Waals surface area (Å²) in [5.74, 6) is 0.0917. The largest absolute Gasteiger partial charge is 0.493 e. The van der Waals surface area contributed by atoms with E-state index in [1.54, 1.807) is 0 Å². The first-order valence-corrected chi connectivity index (χ1v) is 10.2. The molecule has 2 heterocycles. The summed E-state index contributed by atoms with van der Waals surface area (Å²) in [5.41, 5.74) is 4.85. The van der Waals surface area contributed by atoms with E-state index in [0.29, 0.717) is 6.61 Å². The van der Waals surface area contributed by atoms with Crippen LogP contribution in [0, 0.1) is 0 Å². The Balaban J connectivity index is 1.69. The molecule has 0 aliphatic carbocycles. The van der Waals surface area contributed by atoms with E-state index < -0.39 is 5.97 Å². The quantitative estimate of drug-likeness (QED) is 0.613. The van der Waals surface area contributed by atoms with Crippen molar-refractivity contribution in [1.82, 2.24) is 4.68 Å². The lowest BCUT2D eigenvalue weighted by molar-refractivity contribution is 0.0582. The summed E-state index contributed by atoms with van der Waals surface area (Å²) in [6, 6.07) is 18.5. The summed E-state index contributed by atoms with van der Waals surface area (Å²) in [7, 11) is 1.28. The minimum atomic E-state index is -0.661. The Bertz CT molecular complexity index is 1110. The smallest absolute Gasteiger partial charge is 0.360 e. The normalized spacial score (nSPS) is 15.2. The first-order valence-electron chi connectivity index (χ1n) is 10.2. The van der Waals surface area contributed by atoms with Gasteiger partial charge in [-0.2, -0.15) is 0 Å². The topological polar surface area (TPSA) is 78.8 Å². The number of para-hydroxylation sites is 1. The van der Waals surface area contributed by atoms with Gasteiger partial charge in [-0.1, -0.05) is 48.5 Å². The first kappa shape index (κ1) is 20.5. The molecule has 1 N–H and O–H groups in total. The van der Waals surface area contributed by atoms with E-state index in [-0.39, 0.29) is 29.5 Å². The highest BCUT2D eigenvalue weighted by Gasteiger charge is 2.25. The zero-order chi connectivity index (χ0) is 21.6. The van der Waals surface area contributed by atoms with Crippen LogP contribution in [0.3, 0.4) is 0 Å². The SMILES string of the molecule is COC(=O)c1c(OCc2ccccc2)c(=O)ccn1NC1CCCOc2ccccc21. The Morgan fingerprint density at radius 3 is 2.71 bits per heavy atom. The second-order valence-corrected chi connectivity index (χ2v) is 7.20. The monoisotopic (exact) mass is 420 g/mol. The van der Waals surface area contributed by atoms with Gasteiger partial charge in [-0.15, -0.1) is 0 Å². The number of esters is 1. The zero-order valence-electron chi connectivity index (χ0n) is 17.2. The molecule has 0 fully saturated rings. The standard InChI is InChI=1S/C24H24N2O5/c1-29-24(28)22-23(31-16-17-8-3-2-4-9-17)20(27)13-14-26(22)25-19-11-7-15-30-21-12-6-5-10-18(19)21/h2-6,8-10,12-14,19,25H,7,11,15-16H2,1H3. The molecule has 3 aromatic rings. The molecule has 1 unspecified atom stereocenters. The van der Waals surface area contributed by atoms with Crippen molar-refractivity contribution in [3.63, 3.8) is 0 Å². The van der Waals surface area contributed by atoms with Crippen molar-refractivity contribution in [1.29, 1.82) is 0 Å². The van der Waals surface area contributed by atoms with Crippen LogP contribution in [0.15, 0.2) is 71.7 Å². The van der Waals surface area contributed by atoms with Gasteiger partial charge in [0.2, 0.25) is 5.43 Å². The van der Waals surface area contributed by atoms with Crippen LogP contribution >= 0.6 is 0 Å². The van der Waals surface area contributed by atoms with E-state index in [0.717, 1.165) is 29.7 Å². The molecule has 0 radical (unpaired) electrons. The number of nitrogens with one attached hydrogen (secondary N) is 1. The van der Waals surface area contributed by atoms with Crippen molar-refractivity contribution in [3.05, 3.63) is 93.9 Å². The van der Waals surface area contributed by atoms with Gasteiger partial charge in [-0.25, -0.2) is 4.79 Å². The molecule has 0 spiro atoms. The van der Waals surface area contributed by atoms with Gasteiger partial charge in [0.25, 0.3) is 0 Å². The average molecular weight is 420 g/mol. The number of fused-ring (bicyclic) bond motifs is 1. The summed E-state index contributed by atoms with van der Waals surface area (Å²) >= 11 is 0. The second-order valence-electron chi connectivity index (χ2n) is 7.20. The van der Waals surface area contributed by atoms with Gasteiger partial charge in [0.05, 0.1) is 19.8 Å². The number of carbonyl (C=O) groups excluding carboxylic acids is 1. The Kier molecular flexibility index (Phi) is 6.21. The van der Waals surface area contributed by atoms with Crippen molar-refractivity contribution in [2.24, 2.45) is 0 Å². The summed E-state index contributed by atoms with van der Waals surface area (Å²) in [4.78, 5) is 25.2. The lowest BCUT2D eigenvalue weighted by Gasteiger charge is -2.24. The Morgan fingerprint density at radius 2 is 1.90 bits per heavy atom. The number of hydrogen-bond acceptors (Lipinski definition) is 6. The number of ether oxygens (including phenoxy) is 3. The van der Waals surface area contributed by atoms with E-state index in [2.05, 4.69) is 5.43 Å². The fourth-order valence-corrected chi connectivity index (χ4v) is 3.61. The van der Waals surface area contributed by atoms with Gasteiger partial charge >= 0.3 is 5.97 Å². The number of rotatable bonds is 6. The molecule has 0 bridgehead atoms. The van der Waals surface area contributed by atoms with Crippen LogP contribution in [0.25, 0.3) is 0 Å². The number of aromatic nitrogens is 1. The molecular weight excluding hydrogens is 396 g/mol. The maximum absolute atomic E-state index is 12.6. The molecule has 1 aliphatic heterocycles. The number of hydrogen-bond donors (Lipinski definition) is 1. The molecule has 1 aliphatic rings. The molecule has 2 aromatic carbocycles. The van der Waals surface area contributed by atoms with Crippen LogP contribution in [-0.4, -0.2) is 24.4 Å². The number of carbonyl (C=O) groups is 1. The van der Waals surface area contributed by atoms with Gasteiger partial charge in [-0.05, 0) is 24.5 Å². The average Bonchev–Trinajstić information content (AvgIpc) is 3.01. The Hall–Kier alpha value is -3.74. The fraction of sp³-hybridized carbons (Fsp3) is 0.250. The molecule has 31 heavy (non-hydrogen) atoms. The Morgan fingerprint density at radius 1 is 1.13 bits per heavy atom. The fourth-order valence-electron chi connectivity index (χ4n) is 3.61. The third-order valence-corrected chi connectivity index (χ3v) is 5.14. The van der Waals surface area contributed by atoms with E-state index in [1.807, 2.05) is 54.6 Å². The minimum absolute atomic E-state index is 0.0218. The van der Waals surface area contributed by atoms with Crippen molar-refractivity contribution in [3.8, 4) is 11.5 Å². The highest BCUT2D eigenvalue weighted by Crippen LogP contribution is 2.32. The molecule has 0 saturated carbocycles. The highest BCUT2D eigenvalue weighted by molar-refractivity contribution is 5.90. The van der Waals surface area contributed by atoms with Crippen LogP contribution in [0.5, 0.6) is 11.5 Å². The predicted octanol–water partition coefficient (Wildman–Crippen LogP) is 3.67. The van der Waals surface area contributed by atoms with Crippen LogP contribution < -0.4 is 20.3 Å². The molecule has 7 nitrogen and oxygen atoms in total. The molecule has 160 valence electrons. The maximum atomic E-state index is 12.6. The summed E-state index contributed by atoms with van der Waals surface area (Å²) in [6.45, 7) is 0.777. The second kappa shape index (κ2) is 9.38. The van der Waals surface area contributed by atoms with E-state index in [9.17, 15) is 9.59 Å². The lowest BCUT2D eigenvalue weighted by atomic mass is 10.0. The van der Waals surface area contributed by atoms with Gasteiger partial charge in [0.15, 0.2) is 11.4 Å². The lowest BCUT2D eigenvalue weighted by Crippen LogP contribution is -2.29. The van der Waals surface area contributed by atoms with Gasteiger partial charge in [0, 0.05) is 17.8 Å². The maximum Gasteiger partial charge on any atom is 0.360 e. The number of pyridine rings is 1. The van der Waals surface area contributed by atoms with Gasteiger partial charge in [-0.3, -0.25) is 9.47 Å². The van der Waals surface area contributed by atoms with Crippen molar-refractivity contribution < 1.29 is 19.0 Å². The predicted molar refractivity (Wildman–Crippen MR) is 116 cm³/mol. The van der Waals surface area contributed by atoms with Crippen molar-refractivity contribution in [2.45, 2.75) is 25.5 Å². The zero-order valence-corrected chi connectivity index (χ0v) is 17.2. The van der Waals surface area contributed by atoms with E-state index in [1.165, 1.54) is 24.0 Å². The van der Waals surface area contributed by atoms with Crippen LogP contribution in [0.1, 0.15) is 40.5 Å². The molecule has 1 aromatic heterocycles.